The molecule has 3 nitrogen and oxygen atoms in total. The zero-order valence-electron chi connectivity index (χ0n) is 14.4. The molecule has 0 fully saturated rings. The molecule has 0 amide bonds. The zero-order valence-corrected chi connectivity index (χ0v) is 15.2. The van der Waals surface area contributed by atoms with Crippen LogP contribution in [-0.2, 0) is 6.54 Å². The Hall–Kier alpha value is -3.12. The fraction of sp³-hybridized carbons (Fsp3) is 0.0476. The van der Waals surface area contributed by atoms with Gasteiger partial charge in [0.2, 0.25) is 0 Å². The summed E-state index contributed by atoms with van der Waals surface area (Å²) in [5.41, 5.74) is 1.38. The van der Waals surface area contributed by atoms with E-state index in [-0.39, 0.29) is 12.1 Å². The predicted molar refractivity (Wildman–Crippen MR) is 103 cm³/mol. The molecule has 0 aliphatic carbocycles. The first-order chi connectivity index (χ1) is 13.5. The molecule has 0 unspecified atom stereocenters. The molecule has 0 bridgehead atoms. The van der Waals surface area contributed by atoms with E-state index in [0.717, 1.165) is 18.0 Å². The van der Waals surface area contributed by atoms with E-state index in [1.54, 1.807) is 35.2 Å². The minimum Gasteiger partial charge on any atom is -0.322 e. The van der Waals surface area contributed by atoms with Gasteiger partial charge in [0.05, 0.1) is 12.7 Å². The number of nitrogens with zero attached hydrogens (tertiary/aromatic N) is 3. The molecule has 0 spiro atoms. The van der Waals surface area contributed by atoms with E-state index in [1.165, 1.54) is 18.3 Å². The summed E-state index contributed by atoms with van der Waals surface area (Å²) in [6.45, 7) is 0.267. The number of halogens is 4. The van der Waals surface area contributed by atoms with Crippen molar-refractivity contribution >= 4 is 34.0 Å². The third-order valence-electron chi connectivity index (χ3n) is 4.33. The second-order valence-corrected chi connectivity index (χ2v) is 6.56. The number of hydrogen-bond acceptors (Lipinski definition) is 3. The van der Waals surface area contributed by atoms with Crippen molar-refractivity contribution in [2.24, 2.45) is 0 Å². The summed E-state index contributed by atoms with van der Waals surface area (Å²) in [7, 11) is 0. The lowest BCUT2D eigenvalue weighted by molar-refractivity contribution is 0.515. The molecule has 0 atom stereocenters. The molecule has 4 rings (SSSR count). The Balaban J connectivity index is 1.83. The molecule has 2 aromatic heterocycles. The average Bonchev–Trinajstić information content (AvgIpc) is 2.70. The van der Waals surface area contributed by atoms with E-state index in [0.29, 0.717) is 21.8 Å². The number of anilines is 2. The Bertz CT molecular complexity index is 1150. The number of hydrogen-bond donors (Lipinski definition) is 0. The normalized spacial score (nSPS) is 11.0. The zero-order chi connectivity index (χ0) is 19.7. The number of aromatic nitrogens is 2. The van der Waals surface area contributed by atoms with Gasteiger partial charge in [-0.05, 0) is 54.1 Å². The first-order valence-electron chi connectivity index (χ1n) is 8.39. The third kappa shape index (κ3) is 3.51. The van der Waals surface area contributed by atoms with Crippen LogP contribution in [-0.4, -0.2) is 9.97 Å². The van der Waals surface area contributed by atoms with Crippen LogP contribution in [0.1, 0.15) is 5.56 Å². The van der Waals surface area contributed by atoms with Crippen LogP contribution < -0.4 is 4.90 Å². The fourth-order valence-electron chi connectivity index (χ4n) is 3.00. The number of fused-ring (bicyclic) bond motifs is 1. The SMILES string of the molecule is Fc1ccc(N(Cc2ccnc3c(F)c(F)ccc23)c2cccc(Cl)c2)nc1. The van der Waals surface area contributed by atoms with Gasteiger partial charge in [-0.3, -0.25) is 4.98 Å². The molecule has 0 saturated heterocycles. The first-order valence-corrected chi connectivity index (χ1v) is 8.77. The molecule has 28 heavy (non-hydrogen) atoms. The van der Waals surface area contributed by atoms with Gasteiger partial charge in [0, 0.05) is 22.3 Å². The minimum atomic E-state index is -0.992. The maximum absolute atomic E-state index is 14.1. The molecule has 0 aliphatic rings. The topological polar surface area (TPSA) is 29.0 Å². The molecule has 7 heteroatoms. The van der Waals surface area contributed by atoms with Crippen molar-refractivity contribution in [2.45, 2.75) is 6.54 Å². The summed E-state index contributed by atoms with van der Waals surface area (Å²) in [6.07, 6.45) is 2.54. The van der Waals surface area contributed by atoms with E-state index >= 15 is 0 Å². The van der Waals surface area contributed by atoms with Crippen LogP contribution in [0.15, 0.2) is 67.0 Å². The van der Waals surface area contributed by atoms with E-state index in [2.05, 4.69) is 9.97 Å². The predicted octanol–water partition coefficient (Wildman–Crippen LogP) is 6.04. The van der Waals surface area contributed by atoms with Crippen molar-refractivity contribution in [2.75, 3.05) is 4.90 Å². The lowest BCUT2D eigenvalue weighted by Crippen LogP contribution is -2.18. The Morgan fingerprint density at radius 3 is 2.54 bits per heavy atom. The van der Waals surface area contributed by atoms with Crippen LogP contribution in [0.2, 0.25) is 5.02 Å². The Morgan fingerprint density at radius 2 is 1.79 bits per heavy atom. The highest BCUT2D eigenvalue weighted by atomic mass is 35.5. The first kappa shape index (κ1) is 18.3. The van der Waals surface area contributed by atoms with Gasteiger partial charge in [0.1, 0.15) is 17.2 Å². The summed E-state index contributed by atoms with van der Waals surface area (Å²) < 4.78 is 41.1. The van der Waals surface area contributed by atoms with Gasteiger partial charge in [-0.25, -0.2) is 18.2 Å². The van der Waals surface area contributed by atoms with Crippen molar-refractivity contribution in [3.8, 4) is 0 Å². The highest BCUT2D eigenvalue weighted by Gasteiger charge is 2.16. The van der Waals surface area contributed by atoms with Gasteiger partial charge >= 0.3 is 0 Å². The lowest BCUT2D eigenvalue weighted by Gasteiger charge is -2.25. The van der Waals surface area contributed by atoms with Crippen LogP contribution >= 0.6 is 11.6 Å². The summed E-state index contributed by atoms with van der Waals surface area (Å²) in [4.78, 5) is 9.92. The smallest absolute Gasteiger partial charge is 0.184 e. The van der Waals surface area contributed by atoms with Crippen molar-refractivity contribution in [1.29, 1.82) is 0 Å². The maximum Gasteiger partial charge on any atom is 0.184 e. The highest BCUT2D eigenvalue weighted by Crippen LogP contribution is 2.30. The average molecular weight is 400 g/mol. The van der Waals surface area contributed by atoms with Crippen molar-refractivity contribution in [3.63, 3.8) is 0 Å². The molecular formula is C21H13ClF3N3. The van der Waals surface area contributed by atoms with E-state index in [4.69, 9.17) is 11.6 Å². The van der Waals surface area contributed by atoms with Crippen LogP contribution in [0.4, 0.5) is 24.7 Å². The molecule has 0 aliphatic heterocycles. The number of rotatable bonds is 4. The standard InChI is InChI=1S/C21H13ClF3N3/c22-14-2-1-3-16(10-14)28(19-7-4-15(23)11-27-19)12-13-8-9-26-21-17(13)5-6-18(24)20(21)25/h1-11H,12H2. The molecule has 2 heterocycles. The lowest BCUT2D eigenvalue weighted by atomic mass is 10.1. The summed E-state index contributed by atoms with van der Waals surface area (Å²) in [5.74, 6) is -1.92. The fourth-order valence-corrected chi connectivity index (χ4v) is 3.19. The largest absolute Gasteiger partial charge is 0.322 e. The Morgan fingerprint density at radius 1 is 0.929 bits per heavy atom. The van der Waals surface area contributed by atoms with Crippen molar-refractivity contribution in [1.82, 2.24) is 9.97 Å². The van der Waals surface area contributed by atoms with Gasteiger partial charge in [0.25, 0.3) is 0 Å². The molecule has 4 aromatic rings. The molecule has 140 valence electrons. The molecule has 0 radical (unpaired) electrons. The maximum atomic E-state index is 14.1. The summed E-state index contributed by atoms with van der Waals surface area (Å²) in [5, 5.41) is 1.01. The van der Waals surface area contributed by atoms with Crippen LogP contribution in [0, 0.1) is 17.5 Å². The Kier molecular flexibility index (Phi) is 4.88. The quantitative estimate of drug-likeness (QED) is 0.419. The van der Waals surface area contributed by atoms with E-state index in [1.807, 2.05) is 6.07 Å². The van der Waals surface area contributed by atoms with E-state index in [9.17, 15) is 13.2 Å². The number of pyridine rings is 2. The molecule has 0 N–H and O–H groups in total. The van der Waals surface area contributed by atoms with Gasteiger partial charge in [0.15, 0.2) is 11.6 Å². The van der Waals surface area contributed by atoms with Crippen molar-refractivity contribution < 1.29 is 13.2 Å². The van der Waals surface area contributed by atoms with E-state index < -0.39 is 17.5 Å². The summed E-state index contributed by atoms with van der Waals surface area (Å²) >= 11 is 6.13. The van der Waals surface area contributed by atoms with Crippen molar-refractivity contribution in [3.05, 3.63) is 95.0 Å². The van der Waals surface area contributed by atoms with Crippen LogP contribution in [0.5, 0.6) is 0 Å². The van der Waals surface area contributed by atoms with Gasteiger partial charge in [-0.2, -0.15) is 0 Å². The second kappa shape index (κ2) is 7.48. The highest BCUT2D eigenvalue weighted by molar-refractivity contribution is 6.30. The summed E-state index contributed by atoms with van der Waals surface area (Å²) in [6, 6.07) is 14.2. The van der Waals surface area contributed by atoms with Crippen LogP contribution in [0.25, 0.3) is 10.9 Å². The minimum absolute atomic E-state index is 0.0457. The Labute approximate surface area is 164 Å². The molecular weight excluding hydrogens is 387 g/mol. The second-order valence-electron chi connectivity index (χ2n) is 6.13. The third-order valence-corrected chi connectivity index (χ3v) is 4.57. The number of benzene rings is 2. The molecule has 2 aromatic carbocycles. The van der Waals surface area contributed by atoms with Gasteiger partial charge < -0.3 is 4.90 Å². The molecule has 0 saturated carbocycles. The van der Waals surface area contributed by atoms with Gasteiger partial charge in [-0.1, -0.05) is 17.7 Å². The van der Waals surface area contributed by atoms with Gasteiger partial charge in [-0.15, -0.1) is 0 Å². The van der Waals surface area contributed by atoms with Crippen LogP contribution in [0.3, 0.4) is 0 Å². The monoisotopic (exact) mass is 399 g/mol.